The molecular formula is C51H52N2O10. The monoisotopic (exact) mass is 852 g/mol. The van der Waals surface area contributed by atoms with E-state index in [2.05, 4.69) is 29.6 Å². The topological polar surface area (TPSA) is 154 Å². The second-order valence-corrected chi connectivity index (χ2v) is 14.7. The molecule has 12 heteroatoms. The van der Waals surface area contributed by atoms with Crippen LogP contribution in [-0.4, -0.2) is 65.9 Å². The summed E-state index contributed by atoms with van der Waals surface area (Å²) in [6.07, 6.45) is -0.554. The smallest absolute Gasteiger partial charge is 0.407 e. The third-order valence-electron chi connectivity index (χ3n) is 10.5. The maximum absolute atomic E-state index is 13.3. The Labute approximate surface area is 367 Å². The van der Waals surface area contributed by atoms with Crippen molar-refractivity contribution >= 4 is 17.7 Å². The van der Waals surface area contributed by atoms with Crippen molar-refractivity contribution in [2.24, 2.45) is 5.73 Å². The molecule has 0 aromatic heterocycles. The van der Waals surface area contributed by atoms with Crippen molar-refractivity contribution < 1.29 is 47.5 Å². The third-order valence-corrected chi connectivity index (χ3v) is 10.5. The van der Waals surface area contributed by atoms with Gasteiger partial charge in [0.05, 0.1) is 40.5 Å². The Morgan fingerprint density at radius 3 is 1.48 bits per heavy atom. The molecule has 7 rings (SSSR count). The average molecular weight is 853 g/mol. The molecule has 1 aliphatic carbocycles. The summed E-state index contributed by atoms with van der Waals surface area (Å²) in [5.41, 5.74) is 14.3. The van der Waals surface area contributed by atoms with Gasteiger partial charge in [0.1, 0.15) is 54.3 Å². The summed E-state index contributed by atoms with van der Waals surface area (Å²) in [5, 5.41) is 3.03. The number of hydrogen-bond acceptors (Lipinski definition) is 11. The van der Waals surface area contributed by atoms with E-state index in [9.17, 15) is 14.4 Å². The first-order valence-electron chi connectivity index (χ1n) is 20.3. The van der Waals surface area contributed by atoms with Gasteiger partial charge in [0, 0.05) is 29.2 Å². The van der Waals surface area contributed by atoms with Gasteiger partial charge >= 0.3 is 6.09 Å². The molecule has 0 saturated carbocycles. The number of ether oxygens (including phenoxy) is 7. The molecule has 1 aliphatic rings. The largest absolute Gasteiger partial charge is 0.497 e. The van der Waals surface area contributed by atoms with Gasteiger partial charge in [0.15, 0.2) is 11.6 Å². The van der Waals surface area contributed by atoms with Crippen molar-refractivity contribution in [3.8, 4) is 45.6 Å². The lowest BCUT2D eigenvalue weighted by atomic mass is 9.97. The van der Waals surface area contributed by atoms with E-state index in [4.69, 9.17) is 38.9 Å². The average Bonchev–Trinajstić information content (AvgIpc) is 3.64. The Bertz CT molecular complexity index is 2460. The molecule has 0 bridgehead atoms. The van der Waals surface area contributed by atoms with E-state index in [1.807, 2.05) is 72.8 Å². The van der Waals surface area contributed by atoms with E-state index in [1.165, 1.54) is 25.0 Å². The fourth-order valence-electron chi connectivity index (χ4n) is 7.31. The maximum Gasteiger partial charge on any atom is 0.407 e. The van der Waals surface area contributed by atoms with Gasteiger partial charge in [-0.1, -0.05) is 72.8 Å². The molecule has 2 unspecified atom stereocenters. The standard InChI is InChI=1S/C33H31NO6.C18H21NO4/c1-21(35)19-39-23-14-12-22(13-15-23)32(29-17-16-24(37-2)18-31(29)38-3)34-33(36)40-20-30-27-10-6-4-8-25(27)26-9-5-7-11-28(26)30;1-12(20)11-23-14-6-4-13(5-7-14)18(19)16-9-8-15(21-2)10-17(16)22-3/h4-18,30,32H,19-20H2,1-3H3,(H,34,36);4-10,18H,11,19H2,1-3H3. The van der Waals surface area contributed by atoms with Crippen LogP contribution in [0.2, 0.25) is 0 Å². The highest BCUT2D eigenvalue weighted by Gasteiger charge is 2.30. The summed E-state index contributed by atoms with van der Waals surface area (Å²) in [4.78, 5) is 35.5. The number of carbonyl (C=O) groups excluding carboxylic acids is 3. The summed E-state index contributed by atoms with van der Waals surface area (Å²) in [5.74, 6) is 3.63. The van der Waals surface area contributed by atoms with Gasteiger partial charge in [-0.2, -0.15) is 0 Å². The van der Waals surface area contributed by atoms with Gasteiger partial charge in [-0.15, -0.1) is 0 Å². The Morgan fingerprint density at radius 2 is 1.00 bits per heavy atom. The van der Waals surface area contributed by atoms with Gasteiger partial charge in [-0.3, -0.25) is 9.59 Å². The van der Waals surface area contributed by atoms with Crippen LogP contribution < -0.4 is 39.5 Å². The zero-order valence-corrected chi connectivity index (χ0v) is 36.2. The zero-order chi connectivity index (χ0) is 44.9. The number of rotatable bonds is 17. The van der Waals surface area contributed by atoms with E-state index in [1.54, 1.807) is 64.8 Å². The highest BCUT2D eigenvalue weighted by Crippen LogP contribution is 2.44. The van der Waals surface area contributed by atoms with Gasteiger partial charge in [0.2, 0.25) is 0 Å². The Balaban J connectivity index is 0.000000244. The number of Topliss-reactive ketones (excluding diaryl/α,β-unsaturated/α-hetero) is 2. The zero-order valence-electron chi connectivity index (χ0n) is 36.2. The fourth-order valence-corrected chi connectivity index (χ4v) is 7.31. The number of nitrogens with one attached hydrogen (secondary N) is 1. The lowest BCUT2D eigenvalue weighted by Crippen LogP contribution is -2.31. The number of carbonyl (C=O) groups is 3. The van der Waals surface area contributed by atoms with Crippen LogP contribution in [0.4, 0.5) is 4.79 Å². The second kappa shape index (κ2) is 21.5. The van der Waals surface area contributed by atoms with Gasteiger partial charge < -0.3 is 44.2 Å². The number of amides is 1. The molecular weight excluding hydrogens is 801 g/mol. The highest BCUT2D eigenvalue weighted by molar-refractivity contribution is 5.79. The molecule has 326 valence electrons. The summed E-state index contributed by atoms with van der Waals surface area (Å²) in [6, 6.07) is 41.1. The van der Waals surface area contributed by atoms with Crippen LogP contribution in [-0.2, 0) is 14.3 Å². The molecule has 0 spiro atoms. The van der Waals surface area contributed by atoms with E-state index >= 15 is 0 Å². The van der Waals surface area contributed by atoms with E-state index < -0.39 is 12.1 Å². The minimum atomic E-state index is -0.585. The van der Waals surface area contributed by atoms with Gasteiger partial charge in [-0.05, 0) is 95.8 Å². The molecule has 63 heavy (non-hydrogen) atoms. The number of benzene rings is 6. The predicted molar refractivity (Wildman–Crippen MR) is 240 cm³/mol. The Kier molecular flexibility index (Phi) is 15.4. The first-order chi connectivity index (χ1) is 30.5. The number of alkyl carbamates (subject to hydrolysis) is 1. The summed E-state index contributed by atoms with van der Waals surface area (Å²) in [7, 11) is 6.36. The molecule has 0 saturated heterocycles. The summed E-state index contributed by atoms with van der Waals surface area (Å²) in [6.45, 7) is 3.22. The van der Waals surface area contributed by atoms with Crippen LogP contribution in [0.25, 0.3) is 11.1 Å². The molecule has 12 nitrogen and oxygen atoms in total. The van der Waals surface area contributed by atoms with Crippen LogP contribution >= 0.6 is 0 Å². The highest BCUT2D eigenvalue weighted by atomic mass is 16.5. The Hall–Kier alpha value is -7.31. The first kappa shape index (κ1) is 45.2. The van der Waals surface area contributed by atoms with Crippen LogP contribution in [0.3, 0.4) is 0 Å². The number of fused-ring (bicyclic) bond motifs is 3. The van der Waals surface area contributed by atoms with Crippen LogP contribution in [0.5, 0.6) is 34.5 Å². The fraction of sp³-hybridized carbons (Fsp3) is 0.235. The minimum absolute atomic E-state index is 0.00687. The lowest BCUT2D eigenvalue weighted by molar-refractivity contribution is -0.119. The van der Waals surface area contributed by atoms with Crippen molar-refractivity contribution in [1.82, 2.24) is 5.32 Å². The van der Waals surface area contributed by atoms with Crippen LogP contribution in [0, 0.1) is 0 Å². The third kappa shape index (κ3) is 11.3. The molecule has 0 radical (unpaired) electrons. The quantitative estimate of drug-likeness (QED) is 0.0904. The predicted octanol–water partition coefficient (Wildman–Crippen LogP) is 9.02. The first-order valence-corrected chi connectivity index (χ1v) is 20.3. The van der Waals surface area contributed by atoms with Crippen LogP contribution in [0.1, 0.15) is 65.2 Å². The number of nitrogens with two attached hydrogens (primary N) is 1. The molecule has 6 aromatic carbocycles. The van der Waals surface area contributed by atoms with E-state index in [0.717, 1.165) is 33.4 Å². The van der Waals surface area contributed by atoms with Crippen molar-refractivity contribution in [3.63, 3.8) is 0 Å². The molecule has 1 amide bonds. The summed E-state index contributed by atoms with van der Waals surface area (Å²) < 4.78 is 38.3. The van der Waals surface area contributed by atoms with Crippen LogP contribution in [0.15, 0.2) is 133 Å². The van der Waals surface area contributed by atoms with Crippen molar-refractivity contribution in [2.45, 2.75) is 31.8 Å². The number of ketones is 2. The minimum Gasteiger partial charge on any atom is -0.497 e. The van der Waals surface area contributed by atoms with Crippen molar-refractivity contribution in [1.29, 1.82) is 0 Å². The maximum atomic E-state index is 13.3. The summed E-state index contributed by atoms with van der Waals surface area (Å²) >= 11 is 0. The molecule has 6 aromatic rings. The Morgan fingerprint density at radius 1 is 0.556 bits per heavy atom. The normalized spacial score (nSPS) is 12.2. The molecule has 0 heterocycles. The SMILES string of the molecule is COc1ccc(C(N)c2ccc(OCC(C)=O)cc2)c(OC)c1.COc1ccc(C(NC(=O)OCC2c3ccccc3-c3ccccc32)c2ccc(OCC(C)=O)cc2)c(OC)c1. The van der Waals surface area contributed by atoms with Crippen molar-refractivity contribution in [2.75, 3.05) is 48.3 Å². The molecule has 3 N–H and O–H groups in total. The second-order valence-electron chi connectivity index (χ2n) is 14.7. The molecule has 0 aliphatic heterocycles. The van der Waals surface area contributed by atoms with E-state index in [0.29, 0.717) is 34.5 Å². The van der Waals surface area contributed by atoms with Crippen molar-refractivity contribution in [3.05, 3.63) is 167 Å². The molecule has 0 fully saturated rings. The van der Waals surface area contributed by atoms with E-state index in [-0.39, 0.29) is 43.3 Å². The number of hydrogen-bond donors (Lipinski definition) is 2. The molecule has 2 atom stereocenters. The van der Waals surface area contributed by atoms with Gasteiger partial charge in [-0.25, -0.2) is 4.79 Å². The van der Waals surface area contributed by atoms with Gasteiger partial charge in [0.25, 0.3) is 0 Å². The number of methoxy groups -OCH3 is 4. The lowest BCUT2D eigenvalue weighted by Gasteiger charge is -2.23.